The van der Waals surface area contributed by atoms with Gasteiger partial charge in [-0.3, -0.25) is 9.78 Å². The molecule has 0 radical (unpaired) electrons. The Balaban J connectivity index is 1.58. The SMILES string of the molecule is CCCOCCCCCn1cnc2nc(NCc3ccc(Cl)c(Cl)c3)[nH]c(=O)c21. The van der Waals surface area contributed by atoms with Crippen LogP contribution < -0.4 is 10.9 Å². The van der Waals surface area contributed by atoms with Crippen LogP contribution in [0.2, 0.25) is 10.0 Å². The van der Waals surface area contributed by atoms with Gasteiger partial charge in [0.1, 0.15) is 0 Å². The van der Waals surface area contributed by atoms with Crippen molar-refractivity contribution in [3.05, 3.63) is 50.5 Å². The van der Waals surface area contributed by atoms with Crippen LogP contribution in [0.15, 0.2) is 29.3 Å². The molecule has 7 nitrogen and oxygen atoms in total. The number of halogens is 2. The third-order valence-electron chi connectivity index (χ3n) is 4.46. The molecule has 2 heterocycles. The van der Waals surface area contributed by atoms with Crippen molar-refractivity contribution in [1.29, 1.82) is 0 Å². The minimum Gasteiger partial charge on any atom is -0.381 e. The van der Waals surface area contributed by atoms with Gasteiger partial charge in [0.25, 0.3) is 5.56 Å². The quantitative estimate of drug-likeness (QED) is 0.426. The number of aromatic amines is 1. The smallest absolute Gasteiger partial charge is 0.278 e. The van der Waals surface area contributed by atoms with Crippen LogP contribution in [0.4, 0.5) is 5.95 Å². The number of benzene rings is 1. The van der Waals surface area contributed by atoms with Crippen molar-refractivity contribution in [3.8, 4) is 0 Å². The second-order valence-electron chi connectivity index (χ2n) is 6.80. The highest BCUT2D eigenvalue weighted by Gasteiger charge is 2.10. The first-order valence-corrected chi connectivity index (χ1v) is 10.5. The van der Waals surface area contributed by atoms with Crippen molar-refractivity contribution in [2.24, 2.45) is 0 Å². The summed E-state index contributed by atoms with van der Waals surface area (Å²) in [6.07, 6.45) is 5.73. The molecule has 0 aliphatic heterocycles. The summed E-state index contributed by atoms with van der Waals surface area (Å²) in [5.74, 6) is 0.367. The van der Waals surface area contributed by atoms with Crippen LogP contribution in [0.3, 0.4) is 0 Å². The maximum atomic E-state index is 12.5. The van der Waals surface area contributed by atoms with Gasteiger partial charge in [0.05, 0.1) is 16.4 Å². The van der Waals surface area contributed by atoms with Gasteiger partial charge >= 0.3 is 0 Å². The largest absolute Gasteiger partial charge is 0.381 e. The molecule has 0 unspecified atom stereocenters. The highest BCUT2D eigenvalue weighted by Crippen LogP contribution is 2.22. The topological polar surface area (TPSA) is 84.8 Å². The molecule has 0 amide bonds. The summed E-state index contributed by atoms with van der Waals surface area (Å²) in [5.41, 5.74) is 1.63. The average Bonchev–Trinajstić information content (AvgIpc) is 3.12. The van der Waals surface area contributed by atoms with E-state index in [1.165, 1.54) is 0 Å². The molecule has 2 aromatic heterocycles. The third-order valence-corrected chi connectivity index (χ3v) is 5.20. The van der Waals surface area contributed by atoms with E-state index in [0.717, 1.165) is 51.0 Å². The number of imidazole rings is 1. The van der Waals surface area contributed by atoms with Gasteiger partial charge in [0, 0.05) is 26.3 Å². The molecule has 2 N–H and O–H groups in total. The van der Waals surface area contributed by atoms with Crippen LogP contribution in [-0.4, -0.2) is 32.7 Å². The molecule has 156 valence electrons. The maximum Gasteiger partial charge on any atom is 0.278 e. The number of aryl methyl sites for hydroxylation is 1. The summed E-state index contributed by atoms with van der Waals surface area (Å²) in [5, 5.41) is 4.08. The summed E-state index contributed by atoms with van der Waals surface area (Å²) in [6.45, 7) is 4.88. The zero-order valence-electron chi connectivity index (χ0n) is 16.4. The van der Waals surface area contributed by atoms with Crippen LogP contribution >= 0.6 is 23.2 Å². The molecule has 0 atom stereocenters. The van der Waals surface area contributed by atoms with Crippen molar-refractivity contribution >= 4 is 40.3 Å². The van der Waals surface area contributed by atoms with Gasteiger partial charge in [0.2, 0.25) is 5.95 Å². The van der Waals surface area contributed by atoms with Crippen molar-refractivity contribution in [2.45, 2.75) is 45.7 Å². The average molecular weight is 438 g/mol. The summed E-state index contributed by atoms with van der Waals surface area (Å²) in [4.78, 5) is 24.0. The molecule has 0 fully saturated rings. The number of aromatic nitrogens is 4. The molecular formula is C20H25Cl2N5O2. The van der Waals surface area contributed by atoms with Crippen molar-refractivity contribution in [2.75, 3.05) is 18.5 Å². The summed E-state index contributed by atoms with van der Waals surface area (Å²) in [7, 11) is 0. The second kappa shape index (κ2) is 10.6. The molecule has 1 aromatic carbocycles. The summed E-state index contributed by atoms with van der Waals surface area (Å²) < 4.78 is 7.34. The van der Waals surface area contributed by atoms with Crippen LogP contribution in [-0.2, 0) is 17.8 Å². The molecule has 3 aromatic rings. The number of nitrogens with zero attached hydrogens (tertiary/aromatic N) is 3. The standard InChI is InChI=1S/C20H25Cl2N5O2/c1-2-9-29-10-5-3-4-8-27-13-24-18-17(27)19(28)26-20(25-18)23-12-14-6-7-15(21)16(22)11-14/h6-7,11,13H,2-5,8-10,12H2,1H3,(H2,23,25,26,28). The highest BCUT2D eigenvalue weighted by atomic mass is 35.5. The number of rotatable bonds is 11. The van der Waals surface area contributed by atoms with Gasteiger partial charge in [-0.15, -0.1) is 0 Å². The lowest BCUT2D eigenvalue weighted by molar-refractivity contribution is 0.130. The van der Waals surface area contributed by atoms with Crippen LogP contribution in [0.25, 0.3) is 11.2 Å². The number of H-pyrrole nitrogens is 1. The van der Waals surface area contributed by atoms with E-state index in [2.05, 4.69) is 27.2 Å². The molecule has 3 rings (SSSR count). The monoisotopic (exact) mass is 437 g/mol. The number of hydrogen-bond donors (Lipinski definition) is 2. The Morgan fingerprint density at radius 3 is 2.83 bits per heavy atom. The summed E-state index contributed by atoms with van der Waals surface area (Å²) >= 11 is 12.0. The molecular weight excluding hydrogens is 413 g/mol. The van der Waals surface area contributed by atoms with E-state index in [1.54, 1.807) is 18.5 Å². The molecule has 0 aliphatic rings. The number of fused-ring (bicyclic) bond motifs is 1. The highest BCUT2D eigenvalue weighted by molar-refractivity contribution is 6.42. The van der Waals surface area contributed by atoms with E-state index < -0.39 is 0 Å². The Morgan fingerprint density at radius 2 is 2.03 bits per heavy atom. The Morgan fingerprint density at radius 1 is 1.17 bits per heavy atom. The fourth-order valence-corrected chi connectivity index (χ4v) is 3.30. The number of nitrogens with one attached hydrogen (secondary N) is 2. The zero-order chi connectivity index (χ0) is 20.6. The first-order valence-electron chi connectivity index (χ1n) is 9.79. The van der Waals surface area contributed by atoms with Crippen molar-refractivity contribution in [1.82, 2.24) is 19.5 Å². The molecule has 0 saturated heterocycles. The zero-order valence-corrected chi connectivity index (χ0v) is 17.9. The van der Waals surface area contributed by atoms with Crippen LogP contribution in [0.5, 0.6) is 0 Å². The molecule has 0 bridgehead atoms. The van der Waals surface area contributed by atoms with Crippen LogP contribution in [0.1, 0.15) is 38.2 Å². The van der Waals surface area contributed by atoms with E-state index in [9.17, 15) is 4.79 Å². The fourth-order valence-electron chi connectivity index (χ4n) is 2.98. The lowest BCUT2D eigenvalue weighted by atomic mass is 10.2. The summed E-state index contributed by atoms with van der Waals surface area (Å²) in [6, 6.07) is 5.37. The normalized spacial score (nSPS) is 11.3. The van der Waals surface area contributed by atoms with Gasteiger partial charge in [-0.2, -0.15) is 4.98 Å². The fraction of sp³-hybridized carbons (Fsp3) is 0.450. The first kappa shape index (κ1) is 21.6. The minimum absolute atomic E-state index is 0.213. The number of unbranched alkanes of at least 4 members (excludes halogenated alkanes) is 2. The molecule has 29 heavy (non-hydrogen) atoms. The van der Waals surface area contributed by atoms with E-state index in [0.29, 0.717) is 33.7 Å². The minimum atomic E-state index is -0.213. The Hall–Kier alpha value is -2.09. The van der Waals surface area contributed by atoms with Crippen molar-refractivity contribution < 1.29 is 4.74 Å². The third kappa shape index (κ3) is 5.95. The van der Waals surface area contributed by atoms with Gasteiger partial charge < -0.3 is 14.6 Å². The molecule has 9 heteroatoms. The number of hydrogen-bond acceptors (Lipinski definition) is 5. The molecule has 0 spiro atoms. The Labute approximate surface area is 179 Å². The van der Waals surface area contributed by atoms with Gasteiger partial charge in [-0.1, -0.05) is 36.2 Å². The predicted octanol–water partition coefficient (Wildman–Crippen LogP) is 4.64. The second-order valence-corrected chi connectivity index (χ2v) is 7.61. The van der Waals surface area contributed by atoms with E-state index in [1.807, 2.05) is 10.6 Å². The van der Waals surface area contributed by atoms with Gasteiger partial charge in [-0.05, 0) is 43.4 Å². The van der Waals surface area contributed by atoms with Crippen LogP contribution in [0, 0.1) is 0 Å². The van der Waals surface area contributed by atoms with Gasteiger partial charge in [-0.25, -0.2) is 4.98 Å². The Bertz CT molecular complexity index is 1000. The van der Waals surface area contributed by atoms with Crippen molar-refractivity contribution in [3.63, 3.8) is 0 Å². The number of ether oxygens (including phenoxy) is 1. The molecule has 0 aliphatic carbocycles. The van der Waals surface area contributed by atoms with E-state index >= 15 is 0 Å². The first-order chi connectivity index (χ1) is 14.1. The predicted molar refractivity (Wildman–Crippen MR) is 117 cm³/mol. The van der Waals surface area contributed by atoms with Gasteiger partial charge in [0.15, 0.2) is 11.2 Å². The molecule has 0 saturated carbocycles. The lowest BCUT2D eigenvalue weighted by Gasteiger charge is -2.07. The lowest BCUT2D eigenvalue weighted by Crippen LogP contribution is -2.15. The Kier molecular flexibility index (Phi) is 7.91. The van der Waals surface area contributed by atoms with E-state index in [-0.39, 0.29) is 5.56 Å². The number of anilines is 1. The van der Waals surface area contributed by atoms with E-state index in [4.69, 9.17) is 27.9 Å². The maximum absolute atomic E-state index is 12.5.